The van der Waals surface area contributed by atoms with E-state index >= 15 is 0 Å². The Morgan fingerprint density at radius 2 is 2.16 bits per heavy atom. The lowest BCUT2D eigenvalue weighted by molar-refractivity contribution is 0.0695. The first kappa shape index (κ1) is 17.0. The summed E-state index contributed by atoms with van der Waals surface area (Å²) < 4.78 is 7.52. The molecular weight excluding hydrogens is 318 g/mol. The maximum atomic E-state index is 11.3. The number of hydrogen-bond donors (Lipinski definition) is 1. The quantitative estimate of drug-likeness (QED) is 0.897. The number of nitrogens with zero attached hydrogens (tertiary/aromatic N) is 3. The standard InChI is InChI=1S/C19H21N3O3/c1-2-17-16(19(23)24)12-22(21-17)14-8-9-18(13(10-14)11-20)25-15-6-4-3-5-7-15/h8-10,12,15H,2-7H2,1H3,(H,23,24). The van der Waals surface area contributed by atoms with Crippen LogP contribution in [0.4, 0.5) is 0 Å². The van der Waals surface area contributed by atoms with E-state index in [1.54, 1.807) is 18.2 Å². The fraction of sp³-hybridized carbons (Fsp3) is 0.421. The van der Waals surface area contributed by atoms with E-state index in [-0.39, 0.29) is 11.7 Å². The largest absolute Gasteiger partial charge is 0.489 e. The topological polar surface area (TPSA) is 88.1 Å². The average molecular weight is 339 g/mol. The molecule has 6 nitrogen and oxygen atoms in total. The lowest BCUT2D eigenvalue weighted by Gasteiger charge is -2.23. The Bertz CT molecular complexity index is 814. The molecule has 1 heterocycles. The van der Waals surface area contributed by atoms with Crippen molar-refractivity contribution in [2.24, 2.45) is 0 Å². The number of benzene rings is 1. The van der Waals surface area contributed by atoms with Gasteiger partial charge in [0.1, 0.15) is 17.4 Å². The van der Waals surface area contributed by atoms with E-state index < -0.39 is 5.97 Å². The number of carbonyl (C=O) groups is 1. The monoisotopic (exact) mass is 339 g/mol. The maximum Gasteiger partial charge on any atom is 0.339 e. The van der Waals surface area contributed by atoms with Gasteiger partial charge in [0, 0.05) is 6.20 Å². The summed E-state index contributed by atoms with van der Waals surface area (Å²) in [7, 11) is 0. The summed E-state index contributed by atoms with van der Waals surface area (Å²) in [4.78, 5) is 11.3. The molecule has 25 heavy (non-hydrogen) atoms. The highest BCUT2D eigenvalue weighted by atomic mass is 16.5. The van der Waals surface area contributed by atoms with Crippen molar-refractivity contribution < 1.29 is 14.6 Å². The van der Waals surface area contributed by atoms with Gasteiger partial charge in [-0.15, -0.1) is 0 Å². The van der Waals surface area contributed by atoms with Crippen LogP contribution in [0.2, 0.25) is 0 Å². The Morgan fingerprint density at radius 1 is 1.40 bits per heavy atom. The summed E-state index contributed by atoms with van der Waals surface area (Å²) in [5.41, 5.74) is 1.79. The van der Waals surface area contributed by atoms with Crippen molar-refractivity contribution in [3.8, 4) is 17.5 Å². The molecule has 0 aliphatic heterocycles. The normalized spacial score (nSPS) is 14.9. The van der Waals surface area contributed by atoms with Crippen molar-refractivity contribution in [2.75, 3.05) is 0 Å². The maximum absolute atomic E-state index is 11.3. The minimum Gasteiger partial charge on any atom is -0.489 e. The second kappa shape index (κ2) is 7.39. The van der Waals surface area contributed by atoms with Gasteiger partial charge in [0.05, 0.1) is 23.0 Å². The molecule has 3 rings (SSSR count). The smallest absolute Gasteiger partial charge is 0.339 e. The fourth-order valence-corrected chi connectivity index (χ4v) is 3.19. The zero-order chi connectivity index (χ0) is 17.8. The van der Waals surface area contributed by atoms with Gasteiger partial charge in [-0.25, -0.2) is 9.48 Å². The zero-order valence-corrected chi connectivity index (χ0v) is 14.2. The number of aromatic nitrogens is 2. The van der Waals surface area contributed by atoms with Crippen molar-refractivity contribution in [2.45, 2.75) is 51.6 Å². The van der Waals surface area contributed by atoms with Gasteiger partial charge < -0.3 is 9.84 Å². The van der Waals surface area contributed by atoms with Gasteiger partial charge in [0.15, 0.2) is 0 Å². The molecule has 0 saturated heterocycles. The van der Waals surface area contributed by atoms with Crippen LogP contribution in [-0.4, -0.2) is 27.0 Å². The number of rotatable bonds is 5. The molecule has 1 aliphatic rings. The molecule has 0 spiro atoms. The minimum atomic E-state index is -0.999. The second-order valence-corrected chi connectivity index (χ2v) is 6.26. The van der Waals surface area contributed by atoms with Gasteiger partial charge >= 0.3 is 5.97 Å². The van der Waals surface area contributed by atoms with Crippen molar-refractivity contribution in [1.29, 1.82) is 5.26 Å². The third-order valence-corrected chi connectivity index (χ3v) is 4.55. The summed E-state index contributed by atoms with van der Waals surface area (Å²) >= 11 is 0. The molecule has 130 valence electrons. The van der Waals surface area contributed by atoms with Crippen LogP contribution in [0.25, 0.3) is 5.69 Å². The highest BCUT2D eigenvalue weighted by Crippen LogP contribution is 2.27. The molecule has 1 N–H and O–H groups in total. The summed E-state index contributed by atoms with van der Waals surface area (Å²) in [6.45, 7) is 1.86. The van der Waals surface area contributed by atoms with Crippen LogP contribution >= 0.6 is 0 Å². The molecule has 2 aromatic rings. The zero-order valence-electron chi connectivity index (χ0n) is 14.2. The van der Waals surface area contributed by atoms with Gasteiger partial charge in [-0.3, -0.25) is 0 Å². The Kier molecular flexibility index (Phi) is 5.03. The highest BCUT2D eigenvalue weighted by molar-refractivity contribution is 5.88. The van der Waals surface area contributed by atoms with Crippen LogP contribution in [0.5, 0.6) is 5.75 Å². The summed E-state index contributed by atoms with van der Waals surface area (Å²) in [6.07, 6.45) is 7.80. The van der Waals surface area contributed by atoms with Gasteiger partial charge in [0.25, 0.3) is 0 Å². The molecule has 0 bridgehead atoms. The number of aryl methyl sites for hydroxylation is 1. The summed E-state index contributed by atoms with van der Waals surface area (Å²) in [6, 6.07) is 7.44. The van der Waals surface area contributed by atoms with E-state index in [1.165, 1.54) is 17.3 Å². The van der Waals surface area contributed by atoms with Crippen molar-refractivity contribution in [3.05, 3.63) is 41.2 Å². The van der Waals surface area contributed by atoms with Crippen LogP contribution in [0.1, 0.15) is 60.6 Å². The molecule has 1 aromatic carbocycles. The Balaban J connectivity index is 1.89. The number of nitriles is 1. The summed E-state index contributed by atoms with van der Waals surface area (Å²) in [5.74, 6) is -0.416. The first-order valence-electron chi connectivity index (χ1n) is 8.65. The third kappa shape index (κ3) is 3.66. The molecule has 1 aromatic heterocycles. The number of hydrogen-bond acceptors (Lipinski definition) is 4. The van der Waals surface area contributed by atoms with E-state index in [0.29, 0.717) is 29.1 Å². The van der Waals surface area contributed by atoms with Crippen LogP contribution in [-0.2, 0) is 6.42 Å². The predicted octanol–water partition coefficient (Wildman–Crippen LogP) is 3.72. The average Bonchev–Trinajstić information content (AvgIpc) is 3.07. The number of carboxylic acids is 1. The summed E-state index contributed by atoms with van der Waals surface area (Å²) in [5, 5.41) is 23.0. The predicted molar refractivity (Wildman–Crippen MR) is 92.1 cm³/mol. The Morgan fingerprint density at radius 3 is 2.76 bits per heavy atom. The molecule has 0 unspecified atom stereocenters. The van der Waals surface area contributed by atoms with Gasteiger partial charge in [-0.1, -0.05) is 13.3 Å². The van der Waals surface area contributed by atoms with Crippen LogP contribution in [0.15, 0.2) is 24.4 Å². The van der Waals surface area contributed by atoms with E-state index in [4.69, 9.17) is 4.74 Å². The first-order chi connectivity index (χ1) is 12.1. The van der Waals surface area contributed by atoms with Crippen LogP contribution < -0.4 is 4.74 Å². The number of aromatic carboxylic acids is 1. The molecular formula is C19H21N3O3. The molecule has 1 fully saturated rings. The van der Waals surface area contributed by atoms with Gasteiger partial charge in [-0.05, 0) is 50.3 Å². The SMILES string of the molecule is CCc1nn(-c2ccc(OC3CCCCC3)c(C#N)c2)cc1C(=O)O. The molecule has 6 heteroatoms. The first-order valence-corrected chi connectivity index (χ1v) is 8.65. The number of carboxylic acid groups (broad SMARTS) is 1. The van der Waals surface area contributed by atoms with E-state index in [2.05, 4.69) is 11.2 Å². The van der Waals surface area contributed by atoms with Gasteiger partial charge in [-0.2, -0.15) is 10.4 Å². The van der Waals surface area contributed by atoms with Crippen molar-refractivity contribution in [1.82, 2.24) is 9.78 Å². The highest BCUT2D eigenvalue weighted by Gasteiger charge is 2.18. The molecule has 1 saturated carbocycles. The van der Waals surface area contributed by atoms with E-state index in [1.807, 2.05) is 6.92 Å². The van der Waals surface area contributed by atoms with Crippen molar-refractivity contribution in [3.63, 3.8) is 0 Å². The lowest BCUT2D eigenvalue weighted by Crippen LogP contribution is -2.20. The van der Waals surface area contributed by atoms with E-state index in [0.717, 1.165) is 25.7 Å². The van der Waals surface area contributed by atoms with E-state index in [9.17, 15) is 15.2 Å². The van der Waals surface area contributed by atoms with Gasteiger partial charge in [0.2, 0.25) is 0 Å². The van der Waals surface area contributed by atoms with Crippen molar-refractivity contribution >= 4 is 5.97 Å². The molecule has 0 atom stereocenters. The van der Waals surface area contributed by atoms with Crippen LogP contribution in [0, 0.1) is 11.3 Å². The fourth-order valence-electron chi connectivity index (χ4n) is 3.19. The molecule has 0 amide bonds. The minimum absolute atomic E-state index is 0.168. The lowest BCUT2D eigenvalue weighted by atomic mass is 9.97. The Hall–Kier alpha value is -2.81. The molecule has 1 aliphatic carbocycles. The Labute approximate surface area is 146 Å². The second-order valence-electron chi connectivity index (χ2n) is 6.26. The molecule has 0 radical (unpaired) electrons. The third-order valence-electron chi connectivity index (χ3n) is 4.55. The van der Waals surface area contributed by atoms with Crippen LogP contribution in [0.3, 0.4) is 0 Å². The number of ether oxygens (including phenoxy) is 1.